The van der Waals surface area contributed by atoms with Crippen molar-refractivity contribution in [3.05, 3.63) is 28.3 Å². The molecule has 1 aromatic carbocycles. The van der Waals surface area contributed by atoms with E-state index >= 15 is 0 Å². The third-order valence-corrected chi connectivity index (χ3v) is 7.41. The molecule has 1 aromatic rings. The molecule has 2 amide bonds. The van der Waals surface area contributed by atoms with Crippen LogP contribution in [0.4, 0.5) is 5.69 Å². The van der Waals surface area contributed by atoms with Crippen LogP contribution in [-0.2, 0) is 16.1 Å². The molecule has 3 aliphatic rings. The fraction of sp³-hybridized carbons (Fsp3) is 0.667. The Hall–Kier alpha value is -1.63. The number of carbonyl (C=O) groups is 2. The summed E-state index contributed by atoms with van der Waals surface area (Å²) >= 11 is 6.40. The summed E-state index contributed by atoms with van der Waals surface area (Å²) in [6, 6.07) is 4.07. The molecule has 6 nitrogen and oxygen atoms in total. The Labute approximate surface area is 190 Å². The molecule has 2 aliphatic heterocycles. The van der Waals surface area contributed by atoms with Crippen LogP contribution < -0.4 is 10.6 Å². The van der Waals surface area contributed by atoms with Gasteiger partial charge in [0.25, 0.3) is 0 Å². The summed E-state index contributed by atoms with van der Waals surface area (Å²) < 4.78 is 0. The van der Waals surface area contributed by atoms with Gasteiger partial charge in [0.05, 0.1) is 0 Å². The molecule has 2 N–H and O–H groups in total. The van der Waals surface area contributed by atoms with E-state index in [2.05, 4.69) is 34.3 Å². The van der Waals surface area contributed by atoms with Crippen molar-refractivity contribution < 1.29 is 9.59 Å². The number of anilines is 1. The van der Waals surface area contributed by atoms with Crippen molar-refractivity contribution in [3.8, 4) is 0 Å². The zero-order valence-corrected chi connectivity index (χ0v) is 19.5. The summed E-state index contributed by atoms with van der Waals surface area (Å²) in [6.07, 6.45) is 5.03. The zero-order chi connectivity index (χ0) is 22.0. The molecular weight excluding hydrogens is 412 g/mol. The van der Waals surface area contributed by atoms with Gasteiger partial charge in [0.15, 0.2) is 0 Å². The van der Waals surface area contributed by atoms with Crippen molar-refractivity contribution in [3.63, 3.8) is 0 Å². The standard InChI is InChI=1S/C24H35ClN4O2/c1-16-14-28(7-8-29(16)24(31)19-5-3-4-6-19)15-20-10-21(25)11-22(17(20)2)27-23(30)9-18-12-26-13-18/h10-11,16,18-19,26H,3-9,12-15H2,1-2H3,(H,27,30)/t16-/m0/s1. The van der Waals surface area contributed by atoms with Crippen molar-refractivity contribution in [2.45, 2.75) is 58.5 Å². The van der Waals surface area contributed by atoms with Gasteiger partial charge in [-0.3, -0.25) is 14.5 Å². The lowest BCUT2D eigenvalue weighted by Gasteiger charge is -2.41. The number of piperazine rings is 1. The van der Waals surface area contributed by atoms with Crippen molar-refractivity contribution in [2.24, 2.45) is 11.8 Å². The summed E-state index contributed by atoms with van der Waals surface area (Å²) in [5, 5.41) is 6.91. The van der Waals surface area contributed by atoms with Gasteiger partial charge in [0, 0.05) is 55.3 Å². The molecule has 7 heteroatoms. The summed E-state index contributed by atoms with van der Waals surface area (Å²) in [4.78, 5) is 29.8. The minimum atomic E-state index is 0.0514. The molecule has 0 unspecified atom stereocenters. The molecular formula is C24H35ClN4O2. The molecule has 170 valence electrons. The molecule has 31 heavy (non-hydrogen) atoms. The van der Waals surface area contributed by atoms with E-state index in [-0.39, 0.29) is 17.9 Å². The number of amides is 2. The maximum atomic E-state index is 12.9. The molecule has 4 rings (SSSR count). The van der Waals surface area contributed by atoms with E-state index in [1.54, 1.807) is 0 Å². The largest absolute Gasteiger partial charge is 0.337 e. The van der Waals surface area contributed by atoms with E-state index < -0.39 is 0 Å². The van der Waals surface area contributed by atoms with E-state index in [0.29, 0.717) is 23.3 Å². The fourth-order valence-corrected chi connectivity index (χ4v) is 5.38. The Morgan fingerprint density at radius 2 is 1.94 bits per heavy atom. The fourth-order valence-electron chi connectivity index (χ4n) is 5.14. The highest BCUT2D eigenvalue weighted by atomic mass is 35.5. The Morgan fingerprint density at radius 3 is 2.58 bits per heavy atom. The van der Waals surface area contributed by atoms with Crippen molar-refractivity contribution in [1.29, 1.82) is 0 Å². The van der Waals surface area contributed by atoms with Crippen LogP contribution in [0.5, 0.6) is 0 Å². The number of rotatable bonds is 6. The first kappa shape index (κ1) is 22.6. The molecule has 3 fully saturated rings. The molecule has 1 aliphatic carbocycles. The molecule has 1 atom stereocenters. The second-order valence-corrected chi connectivity index (χ2v) is 10.0. The van der Waals surface area contributed by atoms with E-state index in [1.165, 1.54) is 12.8 Å². The second-order valence-electron chi connectivity index (χ2n) is 9.61. The van der Waals surface area contributed by atoms with Crippen LogP contribution in [-0.4, -0.2) is 60.4 Å². The highest BCUT2D eigenvalue weighted by Gasteiger charge is 2.33. The van der Waals surface area contributed by atoms with Gasteiger partial charge in [0.1, 0.15) is 0 Å². The average molecular weight is 447 g/mol. The molecule has 2 heterocycles. The summed E-state index contributed by atoms with van der Waals surface area (Å²) in [6.45, 7) is 9.33. The zero-order valence-electron chi connectivity index (χ0n) is 18.8. The van der Waals surface area contributed by atoms with Crippen LogP contribution in [0.15, 0.2) is 12.1 Å². The van der Waals surface area contributed by atoms with E-state index in [1.807, 2.05) is 12.1 Å². The van der Waals surface area contributed by atoms with Gasteiger partial charge in [-0.25, -0.2) is 0 Å². The van der Waals surface area contributed by atoms with Crippen LogP contribution in [0, 0.1) is 18.8 Å². The van der Waals surface area contributed by atoms with Crippen molar-refractivity contribution in [2.75, 3.05) is 38.0 Å². The number of nitrogens with zero attached hydrogens (tertiary/aromatic N) is 2. The molecule has 0 spiro atoms. The topological polar surface area (TPSA) is 64.7 Å². The number of halogens is 1. The third-order valence-electron chi connectivity index (χ3n) is 7.19. The predicted octanol–water partition coefficient (Wildman–Crippen LogP) is 3.42. The Kier molecular flexibility index (Phi) is 7.19. The maximum absolute atomic E-state index is 12.9. The summed E-state index contributed by atoms with van der Waals surface area (Å²) in [7, 11) is 0. The van der Waals surface area contributed by atoms with E-state index in [0.717, 1.165) is 68.9 Å². The number of benzene rings is 1. The van der Waals surface area contributed by atoms with E-state index in [4.69, 9.17) is 11.6 Å². The quantitative estimate of drug-likeness (QED) is 0.702. The first-order valence-electron chi connectivity index (χ1n) is 11.7. The monoisotopic (exact) mass is 446 g/mol. The van der Waals surface area contributed by atoms with Crippen LogP contribution >= 0.6 is 11.6 Å². The van der Waals surface area contributed by atoms with Gasteiger partial charge < -0.3 is 15.5 Å². The van der Waals surface area contributed by atoms with Gasteiger partial charge in [-0.05, 0) is 69.0 Å². The highest BCUT2D eigenvalue weighted by Crippen LogP contribution is 2.30. The van der Waals surface area contributed by atoms with Crippen LogP contribution in [0.2, 0.25) is 5.02 Å². The smallest absolute Gasteiger partial charge is 0.226 e. The van der Waals surface area contributed by atoms with Gasteiger partial charge in [-0.1, -0.05) is 24.4 Å². The third kappa shape index (κ3) is 5.41. The number of hydrogen-bond acceptors (Lipinski definition) is 4. The Morgan fingerprint density at radius 1 is 1.19 bits per heavy atom. The van der Waals surface area contributed by atoms with Crippen LogP contribution in [0.25, 0.3) is 0 Å². The van der Waals surface area contributed by atoms with Gasteiger partial charge >= 0.3 is 0 Å². The summed E-state index contributed by atoms with van der Waals surface area (Å²) in [5.41, 5.74) is 3.01. The van der Waals surface area contributed by atoms with E-state index in [9.17, 15) is 9.59 Å². The number of carbonyl (C=O) groups excluding carboxylic acids is 2. The highest BCUT2D eigenvalue weighted by molar-refractivity contribution is 6.31. The van der Waals surface area contributed by atoms with Gasteiger partial charge in [-0.15, -0.1) is 0 Å². The average Bonchev–Trinajstić information content (AvgIpc) is 3.23. The number of hydrogen-bond donors (Lipinski definition) is 2. The normalized spacial score (nSPS) is 23.1. The second kappa shape index (κ2) is 9.88. The maximum Gasteiger partial charge on any atom is 0.226 e. The Balaban J connectivity index is 1.37. The van der Waals surface area contributed by atoms with Crippen molar-refractivity contribution >= 4 is 29.1 Å². The summed E-state index contributed by atoms with van der Waals surface area (Å²) in [5.74, 6) is 1.08. The lowest BCUT2D eigenvalue weighted by molar-refractivity contribution is -0.140. The van der Waals surface area contributed by atoms with Crippen LogP contribution in [0.1, 0.15) is 50.2 Å². The molecule has 0 radical (unpaired) electrons. The molecule has 0 aromatic heterocycles. The lowest BCUT2D eigenvalue weighted by atomic mass is 9.98. The predicted molar refractivity (Wildman–Crippen MR) is 124 cm³/mol. The van der Waals surface area contributed by atoms with Crippen molar-refractivity contribution in [1.82, 2.24) is 15.1 Å². The first-order valence-corrected chi connectivity index (χ1v) is 12.1. The first-order chi connectivity index (χ1) is 14.9. The molecule has 0 bridgehead atoms. The molecule has 1 saturated carbocycles. The minimum absolute atomic E-state index is 0.0514. The SMILES string of the molecule is Cc1c(CN2CCN(C(=O)C3CCCC3)[C@@H](C)C2)cc(Cl)cc1NC(=O)CC1CNC1. The van der Waals surface area contributed by atoms with Crippen LogP contribution in [0.3, 0.4) is 0 Å². The minimum Gasteiger partial charge on any atom is -0.337 e. The molecule has 2 saturated heterocycles. The number of nitrogens with one attached hydrogen (secondary N) is 2. The van der Waals surface area contributed by atoms with Gasteiger partial charge in [-0.2, -0.15) is 0 Å². The Bertz CT molecular complexity index is 820. The van der Waals surface area contributed by atoms with Gasteiger partial charge in [0.2, 0.25) is 11.8 Å². The lowest BCUT2D eigenvalue weighted by Crippen LogP contribution is -2.54.